The Morgan fingerprint density at radius 2 is 1.64 bits per heavy atom. The minimum absolute atomic E-state index is 0.206. The van der Waals surface area contributed by atoms with Gasteiger partial charge in [-0.25, -0.2) is 0 Å². The highest BCUT2D eigenvalue weighted by atomic mass is 79.9. The first-order valence-corrected chi connectivity index (χ1v) is 5.06. The summed E-state index contributed by atoms with van der Waals surface area (Å²) in [4.78, 5) is 11.4. The second kappa shape index (κ2) is 2.32. The van der Waals surface area contributed by atoms with Crippen molar-refractivity contribution < 1.29 is 4.79 Å². The van der Waals surface area contributed by atoms with Crippen LogP contribution in [-0.4, -0.2) is 11.1 Å². The molecule has 0 aromatic carbocycles. The van der Waals surface area contributed by atoms with E-state index in [1.165, 1.54) is 0 Å². The molecule has 1 aliphatic rings. The number of hydrogen-bond donors (Lipinski definition) is 0. The zero-order valence-corrected chi connectivity index (χ0v) is 9.16. The van der Waals surface area contributed by atoms with Gasteiger partial charge in [0, 0.05) is 5.92 Å². The molecule has 1 aliphatic carbocycles. The Balaban J connectivity index is 2.75. The second-order valence-electron chi connectivity index (χ2n) is 4.48. The lowest BCUT2D eigenvalue weighted by Crippen LogP contribution is -2.07. The first-order valence-electron chi connectivity index (χ1n) is 3.94. The Labute approximate surface area is 76.7 Å². The van der Waals surface area contributed by atoms with Gasteiger partial charge in [-0.05, 0) is 10.8 Å². The van der Waals surface area contributed by atoms with Gasteiger partial charge in [-0.1, -0.05) is 43.6 Å². The van der Waals surface area contributed by atoms with Gasteiger partial charge in [0.25, 0.3) is 0 Å². The van der Waals surface area contributed by atoms with E-state index in [9.17, 15) is 4.79 Å². The van der Waals surface area contributed by atoms with Crippen LogP contribution in [0.3, 0.4) is 0 Å². The molecule has 0 atom stereocenters. The minimum Gasteiger partial charge on any atom is -0.298 e. The van der Waals surface area contributed by atoms with Crippen molar-refractivity contribution in [3.8, 4) is 0 Å². The Kier molecular flexibility index (Phi) is 1.95. The van der Waals surface area contributed by atoms with E-state index >= 15 is 0 Å². The van der Waals surface area contributed by atoms with Crippen molar-refractivity contribution in [2.24, 2.45) is 16.7 Å². The van der Waals surface area contributed by atoms with Gasteiger partial charge in [0.15, 0.2) is 0 Å². The van der Waals surface area contributed by atoms with E-state index < -0.39 is 0 Å². The predicted octanol–water partition coefficient (Wildman–Crippen LogP) is 2.63. The molecule has 0 unspecified atom stereocenters. The first kappa shape index (κ1) is 9.24. The highest BCUT2D eigenvalue weighted by Gasteiger charge is 2.67. The third-order valence-electron chi connectivity index (χ3n) is 3.47. The van der Waals surface area contributed by atoms with E-state index in [2.05, 4.69) is 43.6 Å². The topological polar surface area (TPSA) is 17.1 Å². The third-order valence-corrected chi connectivity index (χ3v) is 4.03. The van der Waals surface area contributed by atoms with E-state index in [1.807, 2.05) is 0 Å². The zero-order valence-electron chi connectivity index (χ0n) is 7.57. The number of ketones is 1. The van der Waals surface area contributed by atoms with Gasteiger partial charge < -0.3 is 0 Å². The molecule has 1 saturated carbocycles. The minimum atomic E-state index is 0.206. The first-order chi connectivity index (χ1) is 4.85. The fourth-order valence-corrected chi connectivity index (χ4v) is 2.40. The van der Waals surface area contributed by atoms with E-state index in [1.54, 1.807) is 0 Å². The molecule has 0 radical (unpaired) electrons. The number of Topliss-reactive ketones (excluding diaryl/α,β-unsaturated/α-hetero) is 1. The third kappa shape index (κ3) is 1.07. The van der Waals surface area contributed by atoms with Crippen molar-refractivity contribution >= 4 is 21.7 Å². The monoisotopic (exact) mass is 218 g/mol. The molecule has 0 aromatic rings. The van der Waals surface area contributed by atoms with E-state index in [4.69, 9.17) is 0 Å². The molecule has 0 spiro atoms. The van der Waals surface area contributed by atoms with Gasteiger partial charge in [0.2, 0.25) is 0 Å². The number of alkyl halides is 1. The molecule has 0 aliphatic heterocycles. The van der Waals surface area contributed by atoms with Crippen LogP contribution in [0.2, 0.25) is 0 Å². The fourth-order valence-electron chi connectivity index (χ4n) is 2.08. The van der Waals surface area contributed by atoms with Crippen LogP contribution in [0.4, 0.5) is 0 Å². The maximum Gasteiger partial charge on any atom is 0.147 e. The molecular formula is C9H15BrO. The van der Waals surface area contributed by atoms with Gasteiger partial charge >= 0.3 is 0 Å². The molecule has 0 N–H and O–H groups in total. The molecular weight excluding hydrogens is 204 g/mol. The van der Waals surface area contributed by atoms with Gasteiger partial charge in [-0.3, -0.25) is 4.79 Å². The van der Waals surface area contributed by atoms with Crippen LogP contribution in [0.25, 0.3) is 0 Å². The van der Waals surface area contributed by atoms with Crippen LogP contribution in [0.1, 0.15) is 27.7 Å². The summed E-state index contributed by atoms with van der Waals surface area (Å²) < 4.78 is 0. The molecule has 1 rings (SSSR count). The lowest BCUT2D eigenvalue weighted by molar-refractivity contribution is -0.118. The maximum absolute atomic E-state index is 11.4. The van der Waals surface area contributed by atoms with Crippen LogP contribution in [0.15, 0.2) is 0 Å². The zero-order chi connectivity index (χ0) is 8.86. The quantitative estimate of drug-likeness (QED) is 0.652. The smallest absolute Gasteiger partial charge is 0.147 e. The number of carbonyl (C=O) groups is 1. The van der Waals surface area contributed by atoms with Crippen LogP contribution >= 0.6 is 15.9 Å². The maximum atomic E-state index is 11.4. The van der Waals surface area contributed by atoms with Crippen molar-refractivity contribution in [2.45, 2.75) is 27.7 Å². The summed E-state index contributed by atoms with van der Waals surface area (Å²) in [5, 5.41) is 0.504. The molecule has 0 amide bonds. The number of hydrogen-bond acceptors (Lipinski definition) is 1. The largest absolute Gasteiger partial charge is 0.298 e. The summed E-state index contributed by atoms with van der Waals surface area (Å²) in [6.45, 7) is 8.66. The van der Waals surface area contributed by atoms with Gasteiger partial charge in [0.1, 0.15) is 5.78 Å². The summed E-state index contributed by atoms with van der Waals surface area (Å²) >= 11 is 3.21. The average molecular weight is 219 g/mol. The Bertz CT molecular complexity index is 180. The SMILES string of the molecule is CC1(C)C(C(=O)CBr)C1(C)C. The summed E-state index contributed by atoms with van der Waals surface area (Å²) in [6.07, 6.45) is 0. The number of halogens is 1. The van der Waals surface area contributed by atoms with Gasteiger partial charge in [-0.2, -0.15) is 0 Å². The molecule has 64 valence electrons. The lowest BCUT2D eigenvalue weighted by atomic mass is 10.0. The molecule has 0 bridgehead atoms. The molecule has 1 nitrogen and oxygen atoms in total. The highest BCUT2D eigenvalue weighted by molar-refractivity contribution is 9.09. The van der Waals surface area contributed by atoms with Gasteiger partial charge in [-0.15, -0.1) is 0 Å². The Hall–Kier alpha value is 0.150. The van der Waals surface area contributed by atoms with Crippen molar-refractivity contribution in [3.05, 3.63) is 0 Å². The molecule has 1 fully saturated rings. The van der Waals surface area contributed by atoms with Crippen molar-refractivity contribution in [1.82, 2.24) is 0 Å². The second-order valence-corrected chi connectivity index (χ2v) is 5.04. The molecule has 0 saturated heterocycles. The van der Waals surface area contributed by atoms with Crippen LogP contribution in [0.5, 0.6) is 0 Å². The summed E-state index contributed by atoms with van der Waals surface area (Å²) in [5.41, 5.74) is 0.412. The molecule has 0 aromatic heterocycles. The number of carbonyl (C=O) groups excluding carboxylic acids is 1. The van der Waals surface area contributed by atoms with Gasteiger partial charge in [0.05, 0.1) is 5.33 Å². The summed E-state index contributed by atoms with van der Waals surface area (Å²) in [6, 6.07) is 0. The van der Waals surface area contributed by atoms with Crippen LogP contribution < -0.4 is 0 Å². The average Bonchev–Trinajstić information content (AvgIpc) is 2.24. The fraction of sp³-hybridized carbons (Fsp3) is 0.889. The number of rotatable bonds is 2. The van der Waals surface area contributed by atoms with Crippen molar-refractivity contribution in [2.75, 3.05) is 5.33 Å². The predicted molar refractivity (Wildman–Crippen MR) is 49.9 cm³/mol. The van der Waals surface area contributed by atoms with E-state index in [0.717, 1.165) is 0 Å². The Morgan fingerprint density at radius 3 is 1.73 bits per heavy atom. The van der Waals surface area contributed by atoms with Crippen LogP contribution in [0, 0.1) is 16.7 Å². The highest BCUT2D eigenvalue weighted by Crippen LogP contribution is 2.68. The lowest BCUT2D eigenvalue weighted by Gasteiger charge is -2.03. The van der Waals surface area contributed by atoms with Crippen LogP contribution in [-0.2, 0) is 4.79 Å². The van der Waals surface area contributed by atoms with Crippen molar-refractivity contribution in [3.63, 3.8) is 0 Å². The molecule has 2 heteroatoms. The van der Waals surface area contributed by atoms with E-state index in [0.29, 0.717) is 11.1 Å². The normalized spacial score (nSPS) is 26.6. The van der Waals surface area contributed by atoms with E-state index in [-0.39, 0.29) is 16.7 Å². The summed E-state index contributed by atoms with van der Waals surface area (Å²) in [5.74, 6) is 0.606. The Morgan fingerprint density at radius 1 is 1.27 bits per heavy atom. The standard InChI is InChI=1S/C9H15BrO/c1-8(2)7(6(11)5-10)9(8,3)4/h7H,5H2,1-4H3. The molecule has 11 heavy (non-hydrogen) atoms. The van der Waals surface area contributed by atoms with Crippen molar-refractivity contribution in [1.29, 1.82) is 0 Å². The summed E-state index contributed by atoms with van der Waals surface area (Å²) in [7, 11) is 0. The molecule has 0 heterocycles.